The second kappa shape index (κ2) is 4.17. The van der Waals surface area contributed by atoms with Crippen LogP contribution in [-0.4, -0.2) is 53.2 Å². The van der Waals surface area contributed by atoms with Crippen molar-refractivity contribution >= 4 is 5.91 Å². The number of tetrazole rings is 1. The van der Waals surface area contributed by atoms with Crippen molar-refractivity contribution in [1.82, 2.24) is 40.3 Å². The number of hydrogen-bond acceptors (Lipinski definition) is 6. The molecule has 1 N–H and O–H groups in total. The average molecular weight is 248 g/mol. The minimum Gasteiger partial charge on any atom is -0.331 e. The molecule has 18 heavy (non-hydrogen) atoms. The number of amides is 1. The maximum atomic E-state index is 11.9. The molecule has 0 aliphatic carbocycles. The van der Waals surface area contributed by atoms with E-state index in [1.165, 1.54) is 4.90 Å². The first-order valence-corrected chi connectivity index (χ1v) is 5.65. The number of nitrogens with zero attached hydrogens (tertiary/aromatic N) is 7. The zero-order valence-corrected chi connectivity index (χ0v) is 9.87. The Balaban J connectivity index is 1.74. The van der Waals surface area contributed by atoms with Crippen LogP contribution < -0.4 is 0 Å². The summed E-state index contributed by atoms with van der Waals surface area (Å²) < 4.78 is 2.06. The van der Waals surface area contributed by atoms with Crippen molar-refractivity contribution in [2.24, 2.45) is 0 Å². The molecule has 0 atom stereocenters. The van der Waals surface area contributed by atoms with Crippen molar-refractivity contribution < 1.29 is 4.79 Å². The summed E-state index contributed by atoms with van der Waals surface area (Å²) in [5, 5.41) is 21.1. The first-order valence-electron chi connectivity index (χ1n) is 5.65. The smallest absolute Gasteiger partial charge is 0.295 e. The maximum absolute atomic E-state index is 11.9. The summed E-state index contributed by atoms with van der Waals surface area (Å²) >= 11 is 0. The van der Waals surface area contributed by atoms with Gasteiger partial charge in [-0.3, -0.25) is 4.79 Å². The van der Waals surface area contributed by atoms with Crippen LogP contribution in [0, 0.1) is 0 Å². The molecule has 0 spiro atoms. The summed E-state index contributed by atoms with van der Waals surface area (Å²) in [4.78, 5) is 13.4. The molecule has 0 saturated carbocycles. The van der Waals surface area contributed by atoms with Gasteiger partial charge in [0.25, 0.3) is 11.7 Å². The van der Waals surface area contributed by atoms with Gasteiger partial charge in [-0.05, 0) is 11.6 Å². The number of aromatic amines is 1. The predicted octanol–water partition coefficient (Wildman–Crippen LogP) is -0.990. The van der Waals surface area contributed by atoms with Gasteiger partial charge in [-0.2, -0.15) is 5.21 Å². The first-order chi connectivity index (χ1) is 8.75. The molecule has 3 rings (SSSR count). The van der Waals surface area contributed by atoms with Crippen LogP contribution in [0.4, 0.5) is 0 Å². The molecular formula is C9H12N8O. The third-order valence-corrected chi connectivity index (χ3v) is 2.95. The first kappa shape index (κ1) is 10.8. The lowest BCUT2D eigenvalue weighted by Gasteiger charge is -2.14. The molecule has 2 aromatic heterocycles. The molecule has 0 saturated heterocycles. The number of carbonyl (C=O) groups is 1. The standard InChI is InChI=1S/C9H12N8O/c1-16(9(18)8-12-14-15-13-8)5-7-11-10-6-3-2-4-17(6)7/h2-5H2,1H3,(H,12,13,14,15). The van der Waals surface area contributed by atoms with Crippen LogP contribution in [0.15, 0.2) is 0 Å². The van der Waals surface area contributed by atoms with E-state index in [2.05, 4.69) is 35.4 Å². The number of aryl methyl sites for hydroxylation is 1. The molecule has 0 fully saturated rings. The van der Waals surface area contributed by atoms with Gasteiger partial charge in [-0.1, -0.05) is 0 Å². The molecule has 0 bridgehead atoms. The van der Waals surface area contributed by atoms with Crippen LogP contribution >= 0.6 is 0 Å². The normalized spacial score (nSPS) is 13.6. The van der Waals surface area contributed by atoms with E-state index in [0.29, 0.717) is 6.54 Å². The van der Waals surface area contributed by atoms with Crippen molar-refractivity contribution in [1.29, 1.82) is 0 Å². The molecule has 1 aliphatic heterocycles. The summed E-state index contributed by atoms with van der Waals surface area (Å²) in [6, 6.07) is 0. The Morgan fingerprint density at radius 2 is 2.33 bits per heavy atom. The van der Waals surface area contributed by atoms with E-state index < -0.39 is 0 Å². The molecule has 0 unspecified atom stereocenters. The Bertz CT molecular complexity index is 559. The number of H-pyrrole nitrogens is 1. The van der Waals surface area contributed by atoms with E-state index in [9.17, 15) is 4.79 Å². The van der Waals surface area contributed by atoms with Crippen molar-refractivity contribution in [2.45, 2.75) is 25.9 Å². The number of hydrogen-bond donors (Lipinski definition) is 1. The average Bonchev–Trinajstić information content (AvgIpc) is 3.06. The third-order valence-electron chi connectivity index (χ3n) is 2.95. The van der Waals surface area contributed by atoms with Gasteiger partial charge in [0.15, 0.2) is 5.82 Å². The number of fused-ring (bicyclic) bond motifs is 1. The largest absolute Gasteiger partial charge is 0.331 e. The second-order valence-corrected chi connectivity index (χ2v) is 4.18. The quantitative estimate of drug-likeness (QED) is 0.747. The predicted molar refractivity (Wildman–Crippen MR) is 58.3 cm³/mol. The van der Waals surface area contributed by atoms with Gasteiger partial charge >= 0.3 is 0 Å². The lowest BCUT2D eigenvalue weighted by Crippen LogP contribution is -2.28. The van der Waals surface area contributed by atoms with Crippen LogP contribution in [-0.2, 0) is 19.5 Å². The minimum absolute atomic E-state index is 0.0543. The third kappa shape index (κ3) is 1.73. The molecule has 0 radical (unpaired) electrons. The van der Waals surface area contributed by atoms with E-state index >= 15 is 0 Å². The Hall–Kier alpha value is -2.32. The molecule has 94 valence electrons. The summed E-state index contributed by atoms with van der Waals surface area (Å²) in [6.07, 6.45) is 2.04. The van der Waals surface area contributed by atoms with Crippen molar-refractivity contribution in [3.05, 3.63) is 17.5 Å². The molecule has 1 amide bonds. The van der Waals surface area contributed by atoms with Crippen molar-refractivity contribution in [2.75, 3.05) is 7.05 Å². The summed E-state index contributed by atoms with van der Waals surface area (Å²) in [5.74, 6) is 1.55. The van der Waals surface area contributed by atoms with Gasteiger partial charge in [0, 0.05) is 20.0 Å². The van der Waals surface area contributed by atoms with Gasteiger partial charge in [0.05, 0.1) is 6.54 Å². The fourth-order valence-corrected chi connectivity index (χ4v) is 2.03. The van der Waals surface area contributed by atoms with Crippen molar-refractivity contribution in [3.63, 3.8) is 0 Å². The Kier molecular flexibility index (Phi) is 2.50. The highest BCUT2D eigenvalue weighted by atomic mass is 16.2. The zero-order chi connectivity index (χ0) is 12.5. The zero-order valence-electron chi connectivity index (χ0n) is 9.87. The summed E-state index contributed by atoms with van der Waals surface area (Å²) in [5.41, 5.74) is 0. The van der Waals surface area contributed by atoms with Crippen LogP contribution in [0.25, 0.3) is 0 Å². The fourth-order valence-electron chi connectivity index (χ4n) is 2.03. The lowest BCUT2D eigenvalue weighted by molar-refractivity contribution is 0.0768. The van der Waals surface area contributed by atoms with Crippen LogP contribution in [0.1, 0.15) is 28.7 Å². The van der Waals surface area contributed by atoms with Crippen LogP contribution in [0.2, 0.25) is 0 Å². The SMILES string of the molecule is CN(Cc1nnc2n1CCC2)C(=O)c1nn[nH]n1. The number of carbonyl (C=O) groups excluding carboxylic acids is 1. The van der Waals surface area contributed by atoms with Gasteiger partial charge in [0.2, 0.25) is 0 Å². The maximum Gasteiger partial charge on any atom is 0.295 e. The highest BCUT2D eigenvalue weighted by Crippen LogP contribution is 2.15. The van der Waals surface area contributed by atoms with Crippen LogP contribution in [0.3, 0.4) is 0 Å². The van der Waals surface area contributed by atoms with E-state index in [0.717, 1.165) is 31.0 Å². The highest BCUT2D eigenvalue weighted by Gasteiger charge is 2.22. The van der Waals surface area contributed by atoms with Crippen molar-refractivity contribution in [3.8, 4) is 0 Å². The van der Waals surface area contributed by atoms with Gasteiger partial charge in [-0.25, -0.2) is 0 Å². The summed E-state index contributed by atoms with van der Waals surface area (Å²) in [7, 11) is 1.68. The summed E-state index contributed by atoms with van der Waals surface area (Å²) in [6.45, 7) is 1.31. The highest BCUT2D eigenvalue weighted by molar-refractivity contribution is 5.89. The van der Waals surface area contributed by atoms with Gasteiger partial charge in [-0.15, -0.1) is 20.4 Å². The molecule has 0 aromatic carbocycles. The van der Waals surface area contributed by atoms with Gasteiger partial charge < -0.3 is 9.47 Å². The second-order valence-electron chi connectivity index (χ2n) is 4.18. The molecule has 1 aliphatic rings. The van der Waals surface area contributed by atoms with E-state index in [4.69, 9.17) is 0 Å². The van der Waals surface area contributed by atoms with Gasteiger partial charge in [0.1, 0.15) is 5.82 Å². The number of nitrogens with one attached hydrogen (secondary N) is 1. The topological polar surface area (TPSA) is 105 Å². The monoisotopic (exact) mass is 248 g/mol. The molecular weight excluding hydrogens is 236 g/mol. The van der Waals surface area contributed by atoms with E-state index in [1.54, 1.807) is 7.05 Å². The Morgan fingerprint density at radius 1 is 1.44 bits per heavy atom. The Morgan fingerprint density at radius 3 is 3.11 bits per heavy atom. The molecule has 2 aromatic rings. The Labute approximate surface area is 102 Å². The van der Waals surface area contributed by atoms with Crippen LogP contribution in [0.5, 0.6) is 0 Å². The lowest BCUT2D eigenvalue weighted by atomic mass is 10.4. The molecule has 9 nitrogen and oxygen atoms in total. The minimum atomic E-state index is -0.293. The number of aromatic nitrogens is 7. The fraction of sp³-hybridized carbons (Fsp3) is 0.556. The molecule has 9 heteroatoms. The molecule has 3 heterocycles. The van der Waals surface area contributed by atoms with E-state index in [1.807, 2.05) is 0 Å². The number of rotatable bonds is 3. The van der Waals surface area contributed by atoms with E-state index in [-0.39, 0.29) is 11.7 Å².